The number of carbonyl (C=O) groups excluding carboxylic acids is 1. The normalized spacial score (nSPS) is 21.0. The van der Waals surface area contributed by atoms with Gasteiger partial charge in [0.05, 0.1) is 11.6 Å². The summed E-state index contributed by atoms with van der Waals surface area (Å²) < 4.78 is 7.10. The molecule has 7 heteroatoms. The lowest BCUT2D eigenvalue weighted by atomic mass is 10.1. The van der Waals surface area contributed by atoms with Gasteiger partial charge in [-0.15, -0.1) is 11.3 Å². The molecule has 0 aliphatic carbocycles. The molecule has 6 nitrogen and oxygen atoms in total. The minimum absolute atomic E-state index is 0.00378. The molecule has 0 unspecified atom stereocenters. The number of aromatic nitrogens is 1. The number of amides is 1. The molecule has 27 heavy (non-hydrogen) atoms. The zero-order chi connectivity index (χ0) is 18.5. The highest BCUT2D eigenvalue weighted by molar-refractivity contribution is 7.21. The number of anilines is 1. The summed E-state index contributed by atoms with van der Waals surface area (Å²) in [5.41, 5.74) is 0.945. The number of piperazine rings is 1. The fourth-order valence-electron chi connectivity index (χ4n) is 3.80. The van der Waals surface area contributed by atoms with Crippen LogP contribution in [0.25, 0.3) is 21.0 Å². The lowest BCUT2D eigenvalue weighted by Crippen LogP contribution is -2.44. The number of hydrogen-bond donors (Lipinski definition) is 1. The SMILES string of the molecule is C[C@@H]1COc2c(sc3ccc4nc(N5CCN(C)CC5)ccc4c23)C(=O)N1. The molecule has 0 saturated carbocycles. The molecule has 1 fully saturated rings. The van der Waals surface area contributed by atoms with Gasteiger partial charge in [0, 0.05) is 41.7 Å². The van der Waals surface area contributed by atoms with Gasteiger partial charge in [-0.2, -0.15) is 0 Å². The van der Waals surface area contributed by atoms with Gasteiger partial charge < -0.3 is 19.9 Å². The molecule has 2 aliphatic heterocycles. The summed E-state index contributed by atoms with van der Waals surface area (Å²) in [6.07, 6.45) is 0. The van der Waals surface area contributed by atoms with E-state index in [1.54, 1.807) is 0 Å². The summed E-state index contributed by atoms with van der Waals surface area (Å²) in [6.45, 7) is 6.53. The van der Waals surface area contributed by atoms with Crippen molar-refractivity contribution in [3.8, 4) is 5.75 Å². The number of fused-ring (bicyclic) bond motifs is 5. The van der Waals surface area contributed by atoms with Gasteiger partial charge in [-0.05, 0) is 38.2 Å². The van der Waals surface area contributed by atoms with E-state index >= 15 is 0 Å². The molecule has 1 aromatic carbocycles. The van der Waals surface area contributed by atoms with Crippen LogP contribution in [-0.2, 0) is 0 Å². The van der Waals surface area contributed by atoms with Crippen molar-refractivity contribution in [3.63, 3.8) is 0 Å². The largest absolute Gasteiger partial charge is 0.489 e. The average Bonchev–Trinajstić information content (AvgIpc) is 2.99. The molecule has 3 aromatic rings. The van der Waals surface area contributed by atoms with Gasteiger partial charge in [0.15, 0.2) is 5.75 Å². The predicted octanol–water partition coefficient (Wildman–Crippen LogP) is 2.71. The molecular weight excluding hydrogens is 360 g/mol. The summed E-state index contributed by atoms with van der Waals surface area (Å²) in [4.78, 5) is 22.8. The fourth-order valence-corrected chi connectivity index (χ4v) is 4.87. The Morgan fingerprint density at radius 1 is 1.19 bits per heavy atom. The quantitative estimate of drug-likeness (QED) is 0.701. The molecule has 1 amide bonds. The Morgan fingerprint density at radius 3 is 2.81 bits per heavy atom. The molecule has 4 heterocycles. The van der Waals surface area contributed by atoms with E-state index in [0.717, 1.165) is 53.0 Å². The molecule has 1 atom stereocenters. The number of ether oxygens (including phenoxy) is 1. The van der Waals surface area contributed by atoms with Gasteiger partial charge in [-0.3, -0.25) is 4.79 Å². The van der Waals surface area contributed by atoms with E-state index in [0.29, 0.717) is 17.2 Å². The number of carbonyl (C=O) groups is 1. The Hall–Kier alpha value is -2.38. The maximum Gasteiger partial charge on any atom is 0.265 e. The standard InChI is InChI=1S/C20H22N4O2S/c1-12-11-26-18-17-13-3-6-16(24-9-7-23(2)8-10-24)22-14(13)4-5-15(17)27-19(18)20(25)21-12/h3-6,12H,7-11H2,1-2H3,(H,21,25)/t12-/m1/s1. The average molecular weight is 382 g/mol. The molecule has 2 aromatic heterocycles. The Balaban J connectivity index is 1.62. The minimum atomic E-state index is -0.0497. The molecule has 5 rings (SSSR count). The number of nitrogens with one attached hydrogen (secondary N) is 1. The first kappa shape index (κ1) is 16.8. The molecule has 2 aliphatic rings. The van der Waals surface area contributed by atoms with Gasteiger partial charge >= 0.3 is 0 Å². The van der Waals surface area contributed by atoms with Gasteiger partial charge in [-0.25, -0.2) is 4.98 Å². The molecule has 140 valence electrons. The van der Waals surface area contributed by atoms with Crippen molar-refractivity contribution in [2.24, 2.45) is 0 Å². The van der Waals surface area contributed by atoms with Crippen molar-refractivity contribution >= 4 is 44.1 Å². The number of thiophene rings is 1. The summed E-state index contributed by atoms with van der Waals surface area (Å²) in [5.74, 6) is 1.67. The highest BCUT2D eigenvalue weighted by atomic mass is 32.1. The zero-order valence-electron chi connectivity index (χ0n) is 15.5. The Bertz CT molecular complexity index is 1040. The van der Waals surface area contributed by atoms with Crippen molar-refractivity contribution < 1.29 is 9.53 Å². The second kappa shape index (κ2) is 6.35. The van der Waals surface area contributed by atoms with Crippen LogP contribution in [0.5, 0.6) is 5.75 Å². The Morgan fingerprint density at radius 2 is 2.00 bits per heavy atom. The summed E-state index contributed by atoms with van der Waals surface area (Å²) in [5, 5.41) is 5.04. The highest BCUT2D eigenvalue weighted by Gasteiger charge is 2.26. The van der Waals surface area contributed by atoms with Crippen LogP contribution in [0.3, 0.4) is 0 Å². The zero-order valence-corrected chi connectivity index (χ0v) is 16.3. The minimum Gasteiger partial charge on any atom is -0.489 e. The third-order valence-corrected chi connectivity index (χ3v) is 6.49. The van der Waals surface area contributed by atoms with Crippen LogP contribution >= 0.6 is 11.3 Å². The lowest BCUT2D eigenvalue weighted by molar-refractivity contribution is 0.0946. The first-order valence-corrected chi connectivity index (χ1v) is 10.2. The first-order valence-electron chi connectivity index (χ1n) is 9.33. The first-order chi connectivity index (χ1) is 13.1. The third kappa shape index (κ3) is 2.82. The van der Waals surface area contributed by atoms with Gasteiger partial charge in [0.1, 0.15) is 17.3 Å². The molecule has 1 N–H and O–H groups in total. The van der Waals surface area contributed by atoms with Crippen LogP contribution < -0.4 is 15.0 Å². The number of hydrogen-bond acceptors (Lipinski definition) is 6. The molecule has 0 bridgehead atoms. The molecule has 0 radical (unpaired) electrons. The van der Waals surface area contributed by atoms with Gasteiger partial charge in [0.25, 0.3) is 5.91 Å². The topological polar surface area (TPSA) is 57.7 Å². The van der Waals surface area contributed by atoms with Crippen LogP contribution in [0.15, 0.2) is 24.3 Å². The van der Waals surface area contributed by atoms with Crippen LogP contribution in [0.2, 0.25) is 0 Å². The lowest BCUT2D eigenvalue weighted by Gasteiger charge is -2.33. The smallest absolute Gasteiger partial charge is 0.265 e. The van der Waals surface area contributed by atoms with E-state index < -0.39 is 0 Å². The van der Waals surface area contributed by atoms with E-state index in [1.807, 2.05) is 13.0 Å². The third-order valence-electron chi connectivity index (χ3n) is 5.35. The van der Waals surface area contributed by atoms with Crippen molar-refractivity contribution in [3.05, 3.63) is 29.1 Å². The summed E-state index contributed by atoms with van der Waals surface area (Å²) >= 11 is 1.49. The Kier molecular flexibility index (Phi) is 3.94. The fraction of sp³-hybridized carbons (Fsp3) is 0.400. The van der Waals surface area contributed by atoms with Crippen molar-refractivity contribution in [1.82, 2.24) is 15.2 Å². The molecular formula is C20H22N4O2S. The summed E-state index contributed by atoms with van der Waals surface area (Å²) in [6, 6.07) is 8.33. The number of benzene rings is 1. The van der Waals surface area contributed by atoms with Crippen molar-refractivity contribution in [2.45, 2.75) is 13.0 Å². The van der Waals surface area contributed by atoms with Gasteiger partial charge in [-0.1, -0.05) is 0 Å². The van der Waals surface area contributed by atoms with Crippen LogP contribution in [0.4, 0.5) is 5.82 Å². The van der Waals surface area contributed by atoms with E-state index in [1.165, 1.54) is 11.3 Å². The number of likely N-dealkylation sites (N-methyl/N-ethyl adjacent to an activating group) is 1. The van der Waals surface area contributed by atoms with Crippen LogP contribution in [-0.4, -0.2) is 61.7 Å². The maximum atomic E-state index is 12.5. The number of rotatable bonds is 1. The van der Waals surface area contributed by atoms with E-state index in [9.17, 15) is 4.79 Å². The van der Waals surface area contributed by atoms with Crippen LogP contribution in [0.1, 0.15) is 16.6 Å². The van der Waals surface area contributed by atoms with E-state index in [2.05, 4.69) is 40.4 Å². The van der Waals surface area contributed by atoms with Crippen molar-refractivity contribution in [1.29, 1.82) is 0 Å². The predicted molar refractivity (Wildman–Crippen MR) is 109 cm³/mol. The highest BCUT2D eigenvalue weighted by Crippen LogP contribution is 2.42. The number of pyridine rings is 1. The van der Waals surface area contributed by atoms with Gasteiger partial charge in [0.2, 0.25) is 0 Å². The van der Waals surface area contributed by atoms with Crippen molar-refractivity contribution in [2.75, 3.05) is 44.7 Å². The molecule has 0 spiro atoms. The number of nitrogens with zero attached hydrogens (tertiary/aromatic N) is 3. The monoisotopic (exact) mass is 382 g/mol. The van der Waals surface area contributed by atoms with E-state index in [4.69, 9.17) is 9.72 Å². The second-order valence-corrected chi connectivity index (χ2v) is 8.46. The molecule has 1 saturated heterocycles. The van der Waals surface area contributed by atoms with E-state index in [-0.39, 0.29) is 11.9 Å². The second-order valence-electron chi connectivity index (χ2n) is 7.41. The maximum absolute atomic E-state index is 12.5. The van der Waals surface area contributed by atoms with Crippen LogP contribution in [0, 0.1) is 0 Å². The summed E-state index contributed by atoms with van der Waals surface area (Å²) in [7, 11) is 2.15. The Labute approximate surface area is 161 Å².